The topological polar surface area (TPSA) is 35.6 Å². The van der Waals surface area contributed by atoms with Gasteiger partial charge in [-0.25, -0.2) is 0 Å². The van der Waals surface area contributed by atoms with E-state index in [1.165, 1.54) is 38.6 Å². The van der Waals surface area contributed by atoms with Crippen LogP contribution < -0.4 is 5.32 Å². The second kappa shape index (κ2) is 7.99. The van der Waals surface area contributed by atoms with Gasteiger partial charge in [-0.3, -0.25) is 9.69 Å². The van der Waals surface area contributed by atoms with Gasteiger partial charge in [0.05, 0.1) is 6.54 Å². The maximum Gasteiger partial charge on any atom is 0.236 e. The second-order valence-electron chi connectivity index (χ2n) is 6.77. The predicted molar refractivity (Wildman–Crippen MR) is 82.7 cm³/mol. The highest BCUT2D eigenvalue weighted by atomic mass is 16.2. The fourth-order valence-corrected chi connectivity index (χ4v) is 3.14. The van der Waals surface area contributed by atoms with Gasteiger partial charge in [-0.15, -0.1) is 0 Å². The second-order valence-corrected chi connectivity index (χ2v) is 6.77. The Morgan fingerprint density at radius 2 is 1.80 bits per heavy atom. The molecule has 20 heavy (non-hydrogen) atoms. The van der Waals surface area contributed by atoms with Crippen LogP contribution in [0.3, 0.4) is 0 Å². The molecule has 2 aliphatic rings. The molecule has 0 aromatic heterocycles. The molecule has 0 unspecified atom stereocenters. The molecule has 0 radical (unpaired) electrons. The van der Waals surface area contributed by atoms with E-state index in [1.807, 2.05) is 4.90 Å². The molecule has 116 valence electrons. The van der Waals surface area contributed by atoms with Crippen molar-refractivity contribution < 1.29 is 4.79 Å². The van der Waals surface area contributed by atoms with Crippen molar-refractivity contribution in [3.63, 3.8) is 0 Å². The Hall–Kier alpha value is -0.610. The zero-order chi connectivity index (χ0) is 14.4. The van der Waals surface area contributed by atoms with Gasteiger partial charge >= 0.3 is 0 Å². The molecule has 0 bridgehead atoms. The lowest BCUT2D eigenvalue weighted by atomic mass is 10.1. The van der Waals surface area contributed by atoms with Gasteiger partial charge in [-0.1, -0.05) is 26.7 Å². The zero-order valence-electron chi connectivity index (χ0n) is 13.2. The molecule has 0 aromatic rings. The van der Waals surface area contributed by atoms with E-state index in [4.69, 9.17) is 0 Å². The maximum absolute atomic E-state index is 12.2. The van der Waals surface area contributed by atoms with Crippen LogP contribution in [0.4, 0.5) is 0 Å². The van der Waals surface area contributed by atoms with Gasteiger partial charge in [0.25, 0.3) is 0 Å². The van der Waals surface area contributed by atoms with Crippen molar-refractivity contribution in [1.29, 1.82) is 0 Å². The minimum absolute atomic E-state index is 0.292. The first-order valence-electron chi connectivity index (χ1n) is 8.38. The average molecular weight is 281 g/mol. The highest BCUT2D eigenvalue weighted by molar-refractivity contribution is 5.78. The number of rotatable bonds is 6. The van der Waals surface area contributed by atoms with E-state index in [-0.39, 0.29) is 0 Å². The molecule has 1 saturated carbocycles. The standard InChI is InChI=1S/C16H31N3O/c1-14(2)7-8-18-9-11-19(12-10-18)16(20)13-17-15-5-3-4-6-15/h14-15,17H,3-13H2,1-2H3. The van der Waals surface area contributed by atoms with Gasteiger partial charge in [0.2, 0.25) is 5.91 Å². The van der Waals surface area contributed by atoms with Crippen LogP contribution in [0.1, 0.15) is 46.0 Å². The maximum atomic E-state index is 12.2. The largest absolute Gasteiger partial charge is 0.339 e. The normalized spacial score (nSPS) is 21.9. The minimum Gasteiger partial charge on any atom is -0.339 e. The number of hydrogen-bond acceptors (Lipinski definition) is 3. The van der Waals surface area contributed by atoms with Crippen molar-refractivity contribution in [2.75, 3.05) is 39.3 Å². The van der Waals surface area contributed by atoms with E-state index in [0.29, 0.717) is 18.5 Å². The lowest BCUT2D eigenvalue weighted by Gasteiger charge is -2.35. The predicted octanol–water partition coefficient (Wildman–Crippen LogP) is 1.71. The minimum atomic E-state index is 0.292. The fourth-order valence-electron chi connectivity index (χ4n) is 3.14. The Kier molecular flexibility index (Phi) is 6.30. The highest BCUT2D eigenvalue weighted by Crippen LogP contribution is 2.17. The van der Waals surface area contributed by atoms with E-state index in [1.54, 1.807) is 0 Å². The Balaban J connectivity index is 1.61. The molecule has 1 N–H and O–H groups in total. The molecule has 1 aliphatic heterocycles. The van der Waals surface area contributed by atoms with Gasteiger partial charge in [0.1, 0.15) is 0 Å². The summed E-state index contributed by atoms with van der Waals surface area (Å²) in [5, 5.41) is 3.43. The van der Waals surface area contributed by atoms with Crippen LogP contribution in [0.15, 0.2) is 0 Å². The van der Waals surface area contributed by atoms with Gasteiger partial charge in [0.15, 0.2) is 0 Å². The monoisotopic (exact) mass is 281 g/mol. The Labute approximate surface area is 123 Å². The van der Waals surface area contributed by atoms with Crippen LogP contribution in [0, 0.1) is 5.92 Å². The quantitative estimate of drug-likeness (QED) is 0.805. The summed E-state index contributed by atoms with van der Waals surface area (Å²) in [5.41, 5.74) is 0. The molecule has 2 fully saturated rings. The van der Waals surface area contributed by atoms with Crippen molar-refractivity contribution in [1.82, 2.24) is 15.1 Å². The number of carbonyl (C=O) groups excluding carboxylic acids is 1. The van der Waals surface area contributed by atoms with Crippen LogP contribution in [0.5, 0.6) is 0 Å². The van der Waals surface area contributed by atoms with Gasteiger partial charge < -0.3 is 10.2 Å². The lowest BCUT2D eigenvalue weighted by Crippen LogP contribution is -2.51. The first-order chi connectivity index (χ1) is 9.65. The Bertz CT molecular complexity index is 292. The van der Waals surface area contributed by atoms with Crippen molar-refractivity contribution in [3.8, 4) is 0 Å². The van der Waals surface area contributed by atoms with E-state index < -0.39 is 0 Å². The molecule has 1 heterocycles. The van der Waals surface area contributed by atoms with Crippen LogP contribution >= 0.6 is 0 Å². The third kappa shape index (κ3) is 5.06. The SMILES string of the molecule is CC(C)CCN1CCN(C(=O)CNC2CCCC2)CC1. The fraction of sp³-hybridized carbons (Fsp3) is 0.938. The summed E-state index contributed by atoms with van der Waals surface area (Å²) in [6.45, 7) is 10.2. The summed E-state index contributed by atoms with van der Waals surface area (Å²) < 4.78 is 0. The van der Waals surface area contributed by atoms with Gasteiger partial charge in [-0.2, -0.15) is 0 Å². The number of hydrogen-bond donors (Lipinski definition) is 1. The summed E-state index contributed by atoms with van der Waals surface area (Å²) in [6.07, 6.45) is 6.39. The van der Waals surface area contributed by atoms with Crippen molar-refractivity contribution in [3.05, 3.63) is 0 Å². The molecule has 0 aromatic carbocycles. The Morgan fingerprint density at radius 1 is 1.15 bits per heavy atom. The molecule has 1 saturated heterocycles. The molecule has 4 heteroatoms. The summed E-state index contributed by atoms with van der Waals surface area (Å²) in [7, 11) is 0. The van der Waals surface area contributed by atoms with Crippen LogP contribution in [0.2, 0.25) is 0 Å². The third-order valence-corrected chi connectivity index (χ3v) is 4.64. The third-order valence-electron chi connectivity index (χ3n) is 4.64. The molecule has 1 amide bonds. The molecular weight excluding hydrogens is 250 g/mol. The van der Waals surface area contributed by atoms with Crippen molar-refractivity contribution in [2.45, 2.75) is 52.0 Å². The molecule has 0 spiro atoms. The van der Waals surface area contributed by atoms with E-state index in [2.05, 4.69) is 24.1 Å². The van der Waals surface area contributed by atoms with Crippen LogP contribution in [-0.2, 0) is 4.79 Å². The number of carbonyl (C=O) groups is 1. The Morgan fingerprint density at radius 3 is 2.40 bits per heavy atom. The van der Waals surface area contributed by atoms with E-state index in [9.17, 15) is 4.79 Å². The lowest BCUT2D eigenvalue weighted by molar-refractivity contribution is -0.132. The molecule has 4 nitrogen and oxygen atoms in total. The number of amides is 1. The van der Waals surface area contributed by atoms with Crippen LogP contribution in [-0.4, -0.2) is 61.0 Å². The van der Waals surface area contributed by atoms with E-state index >= 15 is 0 Å². The number of nitrogens with one attached hydrogen (secondary N) is 1. The molecular formula is C16H31N3O. The van der Waals surface area contributed by atoms with Gasteiger partial charge in [-0.05, 0) is 31.7 Å². The van der Waals surface area contributed by atoms with E-state index in [0.717, 1.165) is 32.1 Å². The average Bonchev–Trinajstić information content (AvgIpc) is 2.96. The number of piperazine rings is 1. The first-order valence-corrected chi connectivity index (χ1v) is 8.38. The summed E-state index contributed by atoms with van der Waals surface area (Å²) in [6, 6.07) is 0.589. The summed E-state index contributed by atoms with van der Waals surface area (Å²) in [5.74, 6) is 1.06. The van der Waals surface area contributed by atoms with Crippen molar-refractivity contribution >= 4 is 5.91 Å². The first kappa shape index (κ1) is 15.8. The zero-order valence-corrected chi connectivity index (χ0v) is 13.2. The highest BCUT2D eigenvalue weighted by Gasteiger charge is 2.22. The number of nitrogens with zero attached hydrogens (tertiary/aromatic N) is 2. The molecule has 2 rings (SSSR count). The van der Waals surface area contributed by atoms with Crippen molar-refractivity contribution in [2.24, 2.45) is 5.92 Å². The molecule has 1 aliphatic carbocycles. The van der Waals surface area contributed by atoms with Gasteiger partial charge in [0, 0.05) is 32.2 Å². The smallest absolute Gasteiger partial charge is 0.236 e. The van der Waals surface area contributed by atoms with Crippen LogP contribution in [0.25, 0.3) is 0 Å². The summed E-state index contributed by atoms with van der Waals surface area (Å²) in [4.78, 5) is 16.7. The molecule has 0 atom stereocenters. The summed E-state index contributed by atoms with van der Waals surface area (Å²) >= 11 is 0.